The van der Waals surface area contributed by atoms with Gasteiger partial charge in [0.1, 0.15) is 16.4 Å². The molecule has 1 saturated carbocycles. The second-order valence-corrected chi connectivity index (χ2v) is 10.1. The predicted octanol–water partition coefficient (Wildman–Crippen LogP) is 4.60. The highest BCUT2D eigenvalue weighted by atomic mass is 32.1. The minimum atomic E-state index is -0.206. The van der Waals surface area contributed by atoms with E-state index in [1.54, 1.807) is 5.51 Å². The summed E-state index contributed by atoms with van der Waals surface area (Å²) in [5.41, 5.74) is 4.89. The lowest BCUT2D eigenvalue weighted by atomic mass is 9.84. The monoisotopic (exact) mass is 440 g/mol. The number of aryl methyl sites for hydroxylation is 1. The van der Waals surface area contributed by atoms with Gasteiger partial charge in [-0.2, -0.15) is 0 Å². The maximum atomic E-state index is 13.2. The fraction of sp³-hybridized carbons (Fsp3) is 0.522. The number of pyridine rings is 1. The zero-order chi connectivity index (χ0) is 21.8. The zero-order valence-electron chi connectivity index (χ0n) is 18.4. The average molecular weight is 441 g/mol. The topological polar surface area (TPSA) is 77.8 Å². The highest BCUT2D eigenvalue weighted by Crippen LogP contribution is 2.53. The smallest absolute Gasteiger partial charge is 0.261 e. The van der Waals surface area contributed by atoms with Crippen LogP contribution in [0.2, 0.25) is 0 Å². The molecule has 2 fully saturated rings. The van der Waals surface area contributed by atoms with E-state index in [2.05, 4.69) is 23.4 Å². The second kappa shape index (κ2) is 7.31. The van der Waals surface area contributed by atoms with Crippen LogP contribution in [0.4, 0.5) is 5.00 Å². The molecule has 7 nitrogen and oxygen atoms in total. The summed E-state index contributed by atoms with van der Waals surface area (Å²) >= 11 is 1.43. The molecule has 0 radical (unpaired) electrons. The van der Waals surface area contributed by atoms with Crippen LogP contribution in [0.3, 0.4) is 0 Å². The van der Waals surface area contributed by atoms with Crippen LogP contribution in [0.25, 0.3) is 5.65 Å². The number of rotatable bonds is 6. The summed E-state index contributed by atoms with van der Waals surface area (Å²) in [6.07, 6.45) is 7.73. The fourth-order valence-corrected chi connectivity index (χ4v) is 5.60. The lowest BCUT2D eigenvalue weighted by Gasteiger charge is -2.24. The summed E-state index contributed by atoms with van der Waals surface area (Å²) in [7, 11) is 0. The normalized spacial score (nSPS) is 24.9. The van der Waals surface area contributed by atoms with Gasteiger partial charge in [0.2, 0.25) is 0 Å². The Hall–Kier alpha value is -2.45. The molecule has 8 heteroatoms. The maximum absolute atomic E-state index is 13.2. The van der Waals surface area contributed by atoms with Crippen LogP contribution in [-0.2, 0) is 16.6 Å². The number of hydrogen-bond acceptors (Lipinski definition) is 6. The molecule has 0 spiro atoms. The number of nitrogens with zero attached hydrogens (tertiary/aromatic N) is 3. The first-order valence-corrected chi connectivity index (χ1v) is 11.8. The van der Waals surface area contributed by atoms with Crippen molar-refractivity contribution >= 4 is 27.9 Å². The molecule has 1 aliphatic carbocycles. The SMILES string of the molecule is CCc1ncsc1NC(=O)c1cn2cc(C34CCC(C)(C3)OC4)nc2cc1OC(C)C. The van der Waals surface area contributed by atoms with Crippen molar-refractivity contribution in [1.82, 2.24) is 14.4 Å². The van der Waals surface area contributed by atoms with Gasteiger partial charge < -0.3 is 19.2 Å². The van der Waals surface area contributed by atoms with Gasteiger partial charge in [-0.05, 0) is 46.5 Å². The van der Waals surface area contributed by atoms with Crippen LogP contribution in [-0.4, -0.2) is 38.6 Å². The van der Waals surface area contributed by atoms with Gasteiger partial charge in [0, 0.05) is 23.9 Å². The molecule has 2 bridgehead atoms. The van der Waals surface area contributed by atoms with Crippen molar-refractivity contribution in [3.05, 3.63) is 40.9 Å². The van der Waals surface area contributed by atoms with Crippen LogP contribution < -0.4 is 10.1 Å². The number of imidazole rings is 1. The Morgan fingerprint density at radius 1 is 1.39 bits per heavy atom. The number of hydrogen-bond donors (Lipinski definition) is 1. The first kappa shape index (κ1) is 20.5. The first-order valence-electron chi connectivity index (χ1n) is 10.9. The van der Waals surface area contributed by atoms with Crippen molar-refractivity contribution in [2.24, 2.45) is 0 Å². The molecule has 1 saturated heterocycles. The Labute approximate surface area is 185 Å². The molecule has 164 valence electrons. The van der Waals surface area contributed by atoms with Crippen molar-refractivity contribution in [2.45, 2.75) is 70.5 Å². The van der Waals surface area contributed by atoms with E-state index in [-0.39, 0.29) is 23.0 Å². The van der Waals surface area contributed by atoms with Gasteiger partial charge in [0.15, 0.2) is 0 Å². The third-order valence-electron chi connectivity index (χ3n) is 6.45. The molecule has 3 aromatic rings. The number of aromatic nitrogens is 3. The number of fused-ring (bicyclic) bond motifs is 3. The number of anilines is 1. The highest BCUT2D eigenvalue weighted by molar-refractivity contribution is 7.14. The molecular formula is C23H28N4O3S. The predicted molar refractivity (Wildman–Crippen MR) is 120 cm³/mol. The van der Waals surface area contributed by atoms with E-state index in [9.17, 15) is 4.79 Å². The molecule has 2 atom stereocenters. The number of ether oxygens (including phenoxy) is 2. The molecule has 4 heterocycles. The van der Waals surface area contributed by atoms with Crippen molar-refractivity contribution in [2.75, 3.05) is 11.9 Å². The number of nitrogens with one attached hydrogen (secondary N) is 1. The molecule has 5 rings (SSSR count). The summed E-state index contributed by atoms with van der Waals surface area (Å²) in [5, 5.41) is 3.79. The third kappa shape index (κ3) is 3.51. The van der Waals surface area contributed by atoms with Crippen molar-refractivity contribution in [3.8, 4) is 5.75 Å². The molecular weight excluding hydrogens is 412 g/mol. The summed E-state index contributed by atoms with van der Waals surface area (Å²) in [4.78, 5) is 22.4. The van der Waals surface area contributed by atoms with Crippen LogP contribution in [0.1, 0.15) is 68.7 Å². The molecule has 1 aliphatic heterocycles. The Kier molecular flexibility index (Phi) is 4.82. The summed E-state index contributed by atoms with van der Waals surface area (Å²) in [6.45, 7) is 8.84. The number of amides is 1. The maximum Gasteiger partial charge on any atom is 0.261 e. The average Bonchev–Trinajstić information content (AvgIpc) is 3.48. The summed E-state index contributed by atoms with van der Waals surface area (Å²) < 4.78 is 14.0. The standard InChI is InChI=1S/C23H28N4O3S/c1-5-16-21(31-13-24-16)26-20(28)15-9-27-10-18(23-7-6-22(4,11-23)29-12-23)25-19(27)8-17(15)30-14(2)3/h8-10,13-14H,5-7,11-12H2,1-4H3,(H,26,28). The number of thiazole rings is 1. The molecule has 31 heavy (non-hydrogen) atoms. The largest absolute Gasteiger partial charge is 0.490 e. The van der Waals surface area contributed by atoms with Gasteiger partial charge in [-0.1, -0.05) is 6.92 Å². The van der Waals surface area contributed by atoms with E-state index < -0.39 is 0 Å². The van der Waals surface area contributed by atoms with Gasteiger partial charge >= 0.3 is 0 Å². The molecule has 2 aliphatic rings. The van der Waals surface area contributed by atoms with E-state index in [1.165, 1.54) is 11.3 Å². The summed E-state index contributed by atoms with van der Waals surface area (Å²) in [5.74, 6) is 0.332. The minimum Gasteiger partial charge on any atom is -0.490 e. The van der Waals surface area contributed by atoms with E-state index in [0.717, 1.165) is 47.7 Å². The molecule has 1 amide bonds. The van der Waals surface area contributed by atoms with E-state index >= 15 is 0 Å². The molecule has 2 unspecified atom stereocenters. The third-order valence-corrected chi connectivity index (χ3v) is 7.23. The quantitative estimate of drug-likeness (QED) is 0.606. The summed E-state index contributed by atoms with van der Waals surface area (Å²) in [6, 6.07) is 1.87. The highest BCUT2D eigenvalue weighted by Gasteiger charge is 2.55. The van der Waals surface area contributed by atoms with Crippen LogP contribution in [0.15, 0.2) is 24.0 Å². The molecule has 1 N–H and O–H groups in total. The van der Waals surface area contributed by atoms with Gasteiger partial charge in [0.05, 0.1) is 40.8 Å². The molecule has 0 aromatic carbocycles. The zero-order valence-corrected chi connectivity index (χ0v) is 19.2. The van der Waals surface area contributed by atoms with Crippen molar-refractivity contribution in [1.29, 1.82) is 0 Å². The second-order valence-electron chi connectivity index (χ2n) is 9.24. The number of carbonyl (C=O) groups excluding carboxylic acids is 1. The number of carbonyl (C=O) groups is 1. The first-order chi connectivity index (χ1) is 14.8. The van der Waals surface area contributed by atoms with E-state index in [0.29, 0.717) is 17.9 Å². The van der Waals surface area contributed by atoms with Gasteiger partial charge in [-0.3, -0.25) is 4.79 Å². The van der Waals surface area contributed by atoms with Gasteiger partial charge in [-0.15, -0.1) is 11.3 Å². The lowest BCUT2D eigenvalue weighted by Crippen LogP contribution is -2.26. The Balaban J connectivity index is 1.53. The molecule has 3 aromatic heterocycles. The van der Waals surface area contributed by atoms with E-state index in [4.69, 9.17) is 14.5 Å². The van der Waals surface area contributed by atoms with Crippen LogP contribution in [0.5, 0.6) is 5.75 Å². The van der Waals surface area contributed by atoms with Crippen LogP contribution >= 0.6 is 11.3 Å². The fourth-order valence-electron chi connectivity index (χ4n) is 4.83. The lowest BCUT2D eigenvalue weighted by molar-refractivity contribution is -0.00627. The Morgan fingerprint density at radius 3 is 2.87 bits per heavy atom. The van der Waals surface area contributed by atoms with E-state index in [1.807, 2.05) is 37.4 Å². The van der Waals surface area contributed by atoms with Crippen LogP contribution in [0, 0.1) is 0 Å². The Bertz CT molecular complexity index is 1140. The Morgan fingerprint density at radius 2 is 2.23 bits per heavy atom. The van der Waals surface area contributed by atoms with Crippen molar-refractivity contribution in [3.63, 3.8) is 0 Å². The minimum absolute atomic E-state index is 0.0269. The van der Waals surface area contributed by atoms with Gasteiger partial charge in [-0.25, -0.2) is 9.97 Å². The van der Waals surface area contributed by atoms with Crippen molar-refractivity contribution < 1.29 is 14.3 Å². The van der Waals surface area contributed by atoms with Gasteiger partial charge in [0.25, 0.3) is 5.91 Å².